The molecular formula is C18H16N2O5S. The minimum Gasteiger partial charge on any atom is -0.465 e. The zero-order valence-electron chi connectivity index (χ0n) is 13.9. The van der Waals surface area contributed by atoms with Crippen LogP contribution in [-0.2, 0) is 9.53 Å². The van der Waals surface area contributed by atoms with E-state index in [1.807, 2.05) is 0 Å². The molecule has 0 unspecified atom stereocenters. The van der Waals surface area contributed by atoms with Crippen LogP contribution in [0.3, 0.4) is 0 Å². The van der Waals surface area contributed by atoms with Crippen LogP contribution >= 0.6 is 11.8 Å². The van der Waals surface area contributed by atoms with Crippen LogP contribution in [0, 0.1) is 0 Å². The van der Waals surface area contributed by atoms with Crippen LogP contribution in [0.2, 0.25) is 0 Å². The highest BCUT2D eigenvalue weighted by Crippen LogP contribution is 2.28. The molecule has 2 aromatic rings. The molecule has 0 saturated carbocycles. The van der Waals surface area contributed by atoms with E-state index in [9.17, 15) is 19.2 Å². The molecule has 0 spiro atoms. The molecule has 0 aliphatic rings. The average Bonchev–Trinajstić information content (AvgIpc) is 2.65. The molecule has 8 heteroatoms. The van der Waals surface area contributed by atoms with Crippen molar-refractivity contribution in [3.05, 3.63) is 65.2 Å². The van der Waals surface area contributed by atoms with Crippen LogP contribution in [-0.4, -0.2) is 36.6 Å². The largest absolute Gasteiger partial charge is 0.465 e. The van der Waals surface area contributed by atoms with Crippen LogP contribution in [0.15, 0.2) is 53.4 Å². The molecule has 0 heterocycles. The van der Waals surface area contributed by atoms with Gasteiger partial charge in [0.05, 0.1) is 24.8 Å². The summed E-state index contributed by atoms with van der Waals surface area (Å²) in [6.07, 6.45) is 0. The van der Waals surface area contributed by atoms with Crippen molar-refractivity contribution in [3.63, 3.8) is 0 Å². The van der Waals surface area contributed by atoms with Gasteiger partial charge < -0.3 is 15.8 Å². The van der Waals surface area contributed by atoms with Gasteiger partial charge in [0, 0.05) is 10.5 Å². The summed E-state index contributed by atoms with van der Waals surface area (Å²) in [5.41, 5.74) is 5.56. The highest BCUT2D eigenvalue weighted by Gasteiger charge is 2.20. The quantitative estimate of drug-likeness (QED) is 0.588. The third-order valence-electron chi connectivity index (χ3n) is 3.31. The number of nitrogens with two attached hydrogens (primary N) is 1. The molecular weight excluding hydrogens is 356 g/mol. The Balaban J connectivity index is 2.27. The summed E-state index contributed by atoms with van der Waals surface area (Å²) in [5, 5.41) is 1.96. The van der Waals surface area contributed by atoms with Gasteiger partial charge in [-0.2, -0.15) is 0 Å². The second-order valence-corrected chi connectivity index (χ2v) is 6.09. The monoisotopic (exact) mass is 372 g/mol. The van der Waals surface area contributed by atoms with Gasteiger partial charge in [0.15, 0.2) is 0 Å². The number of nitrogens with one attached hydrogen (secondary N) is 1. The van der Waals surface area contributed by atoms with Gasteiger partial charge in [-0.3, -0.25) is 14.4 Å². The SMILES string of the molecule is COC(=O)c1ccccc1C(=O)Sc1ccccc1C(=O)NCC(N)=O. The first-order valence-electron chi connectivity index (χ1n) is 7.49. The van der Waals surface area contributed by atoms with E-state index in [0.717, 1.165) is 11.8 Å². The zero-order valence-corrected chi connectivity index (χ0v) is 14.7. The van der Waals surface area contributed by atoms with Gasteiger partial charge in [-0.05, 0) is 36.0 Å². The van der Waals surface area contributed by atoms with Gasteiger partial charge >= 0.3 is 5.97 Å². The van der Waals surface area contributed by atoms with Gasteiger partial charge in [-0.1, -0.05) is 24.3 Å². The first-order valence-corrected chi connectivity index (χ1v) is 8.30. The third kappa shape index (κ3) is 4.70. The van der Waals surface area contributed by atoms with Crippen molar-refractivity contribution in [2.45, 2.75) is 4.90 Å². The summed E-state index contributed by atoms with van der Waals surface area (Å²) in [5.74, 6) is -1.82. The maximum absolute atomic E-state index is 12.6. The van der Waals surface area contributed by atoms with Crippen LogP contribution in [0.1, 0.15) is 31.1 Å². The lowest BCUT2D eigenvalue weighted by molar-refractivity contribution is -0.117. The third-order valence-corrected chi connectivity index (χ3v) is 4.29. The number of hydrogen-bond donors (Lipinski definition) is 2. The predicted octanol–water partition coefficient (Wildman–Crippen LogP) is 1.62. The van der Waals surface area contributed by atoms with E-state index >= 15 is 0 Å². The molecule has 0 aliphatic carbocycles. The second kappa shape index (κ2) is 8.82. The average molecular weight is 372 g/mol. The van der Waals surface area contributed by atoms with Crippen LogP contribution < -0.4 is 11.1 Å². The predicted molar refractivity (Wildman–Crippen MR) is 95.9 cm³/mol. The highest BCUT2D eigenvalue weighted by molar-refractivity contribution is 8.14. The molecule has 0 radical (unpaired) electrons. The fraction of sp³-hybridized carbons (Fsp3) is 0.111. The summed E-state index contributed by atoms with van der Waals surface area (Å²) in [6.45, 7) is -0.309. The number of methoxy groups -OCH3 is 1. The number of carbonyl (C=O) groups excluding carboxylic acids is 4. The smallest absolute Gasteiger partial charge is 0.338 e. The lowest BCUT2D eigenvalue weighted by atomic mass is 10.1. The Morgan fingerprint density at radius 2 is 1.54 bits per heavy atom. The second-order valence-electron chi connectivity index (χ2n) is 5.07. The number of primary amides is 1. The Labute approximate surface area is 153 Å². The maximum atomic E-state index is 12.6. The first-order chi connectivity index (χ1) is 12.4. The number of carbonyl (C=O) groups is 4. The van der Waals surface area contributed by atoms with E-state index in [0.29, 0.717) is 4.90 Å². The Hall–Kier alpha value is -3.13. The van der Waals surface area contributed by atoms with Crippen molar-refractivity contribution in [2.24, 2.45) is 5.73 Å². The molecule has 0 atom stereocenters. The molecule has 0 bridgehead atoms. The standard InChI is InChI=1S/C18H16N2O5S/c1-25-17(23)11-6-2-3-7-12(11)18(24)26-14-9-5-4-8-13(14)16(22)20-10-15(19)21/h2-9H,10H2,1H3,(H2,19,21)(H,20,22). The minimum absolute atomic E-state index is 0.142. The minimum atomic E-state index is -0.674. The Bertz CT molecular complexity index is 866. The van der Waals surface area contributed by atoms with Crippen molar-refractivity contribution in [1.82, 2.24) is 5.32 Å². The molecule has 2 rings (SSSR count). The lowest BCUT2D eigenvalue weighted by Gasteiger charge is -2.10. The fourth-order valence-electron chi connectivity index (χ4n) is 2.11. The molecule has 134 valence electrons. The maximum Gasteiger partial charge on any atom is 0.338 e. The van der Waals surface area contributed by atoms with E-state index in [1.165, 1.54) is 25.3 Å². The van der Waals surface area contributed by atoms with E-state index < -0.39 is 22.9 Å². The van der Waals surface area contributed by atoms with Gasteiger partial charge in [0.1, 0.15) is 0 Å². The van der Waals surface area contributed by atoms with Crippen LogP contribution in [0.5, 0.6) is 0 Å². The van der Waals surface area contributed by atoms with E-state index in [2.05, 4.69) is 10.1 Å². The summed E-state index contributed by atoms with van der Waals surface area (Å²) < 4.78 is 4.69. The number of amides is 2. The summed E-state index contributed by atoms with van der Waals surface area (Å²) in [4.78, 5) is 47.9. The Kier molecular flexibility index (Phi) is 6.51. The molecule has 0 aliphatic heterocycles. The van der Waals surface area contributed by atoms with Crippen molar-refractivity contribution < 1.29 is 23.9 Å². The molecule has 26 heavy (non-hydrogen) atoms. The summed E-state index contributed by atoms with van der Waals surface area (Å²) in [7, 11) is 1.23. The normalized spacial score (nSPS) is 10.0. The van der Waals surface area contributed by atoms with E-state index in [1.54, 1.807) is 30.3 Å². The van der Waals surface area contributed by atoms with E-state index in [-0.39, 0.29) is 23.2 Å². The molecule has 0 fully saturated rings. The number of ether oxygens (including phenoxy) is 1. The van der Waals surface area contributed by atoms with E-state index in [4.69, 9.17) is 5.73 Å². The Morgan fingerprint density at radius 1 is 0.962 bits per heavy atom. The fourth-order valence-corrected chi connectivity index (χ4v) is 3.01. The topological polar surface area (TPSA) is 116 Å². The van der Waals surface area contributed by atoms with Gasteiger partial charge in [0.2, 0.25) is 11.0 Å². The molecule has 2 aromatic carbocycles. The number of rotatable bonds is 6. The highest BCUT2D eigenvalue weighted by atomic mass is 32.2. The van der Waals surface area contributed by atoms with Crippen LogP contribution in [0.4, 0.5) is 0 Å². The molecule has 0 aromatic heterocycles. The zero-order chi connectivity index (χ0) is 19.1. The van der Waals surface area contributed by atoms with Gasteiger partial charge in [-0.15, -0.1) is 0 Å². The number of hydrogen-bond acceptors (Lipinski definition) is 6. The van der Waals surface area contributed by atoms with Crippen molar-refractivity contribution in [2.75, 3.05) is 13.7 Å². The molecule has 2 amide bonds. The number of thioether (sulfide) groups is 1. The Morgan fingerprint density at radius 3 is 2.15 bits per heavy atom. The lowest BCUT2D eigenvalue weighted by Crippen LogP contribution is -2.33. The van der Waals surface area contributed by atoms with Crippen molar-refractivity contribution in [1.29, 1.82) is 0 Å². The molecule has 0 saturated heterocycles. The number of benzene rings is 2. The molecule has 3 N–H and O–H groups in total. The van der Waals surface area contributed by atoms with Gasteiger partial charge in [0.25, 0.3) is 5.91 Å². The molecule has 7 nitrogen and oxygen atoms in total. The number of esters is 1. The van der Waals surface area contributed by atoms with Gasteiger partial charge in [-0.25, -0.2) is 4.79 Å². The van der Waals surface area contributed by atoms with Crippen molar-refractivity contribution >= 4 is 34.7 Å². The van der Waals surface area contributed by atoms with Crippen molar-refractivity contribution in [3.8, 4) is 0 Å². The summed E-state index contributed by atoms with van der Waals surface area (Å²) >= 11 is 0.804. The summed E-state index contributed by atoms with van der Waals surface area (Å²) in [6, 6.07) is 12.7. The van der Waals surface area contributed by atoms with Crippen LogP contribution in [0.25, 0.3) is 0 Å². The first kappa shape index (κ1) is 19.2.